The summed E-state index contributed by atoms with van der Waals surface area (Å²) in [5.74, 6) is 1.46. The second kappa shape index (κ2) is 5.29. The molecule has 0 aromatic heterocycles. The van der Waals surface area contributed by atoms with E-state index < -0.39 is 0 Å². The predicted molar refractivity (Wildman–Crippen MR) is 67.1 cm³/mol. The van der Waals surface area contributed by atoms with E-state index in [1.807, 2.05) is 12.1 Å². The molecule has 1 aliphatic carbocycles. The van der Waals surface area contributed by atoms with Gasteiger partial charge in [-0.05, 0) is 31.4 Å². The van der Waals surface area contributed by atoms with Crippen molar-refractivity contribution >= 4 is 5.97 Å². The van der Waals surface area contributed by atoms with Gasteiger partial charge in [0.25, 0.3) is 0 Å². The van der Waals surface area contributed by atoms with Gasteiger partial charge in [-0.1, -0.05) is 0 Å². The van der Waals surface area contributed by atoms with Gasteiger partial charge in [0.2, 0.25) is 0 Å². The highest BCUT2D eigenvalue weighted by atomic mass is 16.5. The Morgan fingerprint density at radius 1 is 1.11 bits per heavy atom. The summed E-state index contributed by atoms with van der Waals surface area (Å²) >= 11 is 0. The Hall–Kier alpha value is -1.71. The molecule has 0 saturated heterocycles. The van der Waals surface area contributed by atoms with Crippen LogP contribution < -0.4 is 9.47 Å². The minimum atomic E-state index is -0.148. The van der Waals surface area contributed by atoms with Crippen LogP contribution in [0.3, 0.4) is 0 Å². The van der Waals surface area contributed by atoms with E-state index in [2.05, 4.69) is 0 Å². The molecule has 1 aliphatic rings. The van der Waals surface area contributed by atoms with Crippen LogP contribution >= 0.6 is 0 Å². The Labute approximate surface area is 107 Å². The molecule has 4 heteroatoms. The number of benzene rings is 1. The fraction of sp³-hybridized carbons (Fsp3) is 0.500. The number of ether oxygens (including phenoxy) is 3. The van der Waals surface area contributed by atoms with Gasteiger partial charge in [-0.25, -0.2) is 0 Å². The summed E-state index contributed by atoms with van der Waals surface area (Å²) in [7, 11) is 4.74. The van der Waals surface area contributed by atoms with Crippen LogP contribution in [0.25, 0.3) is 0 Å². The molecular formula is C14H18O4. The minimum absolute atomic E-state index is 0.0801. The number of hydrogen-bond acceptors (Lipinski definition) is 4. The Balaban J connectivity index is 2.37. The van der Waals surface area contributed by atoms with Crippen LogP contribution in [-0.4, -0.2) is 27.3 Å². The van der Waals surface area contributed by atoms with Crippen molar-refractivity contribution in [1.29, 1.82) is 0 Å². The van der Waals surface area contributed by atoms with E-state index in [-0.39, 0.29) is 11.9 Å². The first-order chi connectivity index (χ1) is 8.71. The van der Waals surface area contributed by atoms with Gasteiger partial charge in [0.05, 0.1) is 27.2 Å². The number of esters is 1. The molecule has 0 bridgehead atoms. The molecular weight excluding hydrogens is 232 g/mol. The third-order valence-electron chi connectivity index (χ3n) is 3.51. The van der Waals surface area contributed by atoms with Crippen LogP contribution in [0.1, 0.15) is 17.5 Å². The third-order valence-corrected chi connectivity index (χ3v) is 3.51. The highest BCUT2D eigenvalue weighted by Gasteiger charge is 2.29. The van der Waals surface area contributed by atoms with Crippen molar-refractivity contribution in [3.8, 4) is 11.5 Å². The van der Waals surface area contributed by atoms with E-state index in [0.717, 1.165) is 35.5 Å². The van der Waals surface area contributed by atoms with Crippen LogP contribution in [0.4, 0.5) is 0 Å². The van der Waals surface area contributed by atoms with Gasteiger partial charge in [-0.15, -0.1) is 0 Å². The molecule has 0 radical (unpaired) electrons. The Morgan fingerprint density at radius 3 is 2.28 bits per heavy atom. The van der Waals surface area contributed by atoms with Gasteiger partial charge in [0.15, 0.2) is 0 Å². The number of fused-ring (bicyclic) bond motifs is 1. The largest absolute Gasteiger partial charge is 0.496 e. The van der Waals surface area contributed by atoms with Crippen LogP contribution in [0.5, 0.6) is 11.5 Å². The van der Waals surface area contributed by atoms with Gasteiger partial charge in [0.1, 0.15) is 11.5 Å². The Kier molecular flexibility index (Phi) is 3.75. The summed E-state index contributed by atoms with van der Waals surface area (Å²) in [5.41, 5.74) is 2.22. The van der Waals surface area contributed by atoms with Crippen molar-refractivity contribution in [2.75, 3.05) is 21.3 Å². The fourth-order valence-corrected chi connectivity index (χ4v) is 2.57. The van der Waals surface area contributed by atoms with Gasteiger partial charge < -0.3 is 14.2 Å². The number of hydrogen-bond donors (Lipinski definition) is 0. The summed E-state index contributed by atoms with van der Waals surface area (Å²) in [6, 6.07) is 3.80. The van der Waals surface area contributed by atoms with Crippen LogP contribution in [0.2, 0.25) is 0 Å². The van der Waals surface area contributed by atoms with E-state index in [9.17, 15) is 4.79 Å². The molecule has 1 aromatic carbocycles. The lowest BCUT2D eigenvalue weighted by Gasteiger charge is -2.25. The zero-order chi connectivity index (χ0) is 13.1. The van der Waals surface area contributed by atoms with Crippen molar-refractivity contribution in [1.82, 2.24) is 0 Å². The maximum atomic E-state index is 11.6. The molecule has 18 heavy (non-hydrogen) atoms. The minimum Gasteiger partial charge on any atom is -0.496 e. The van der Waals surface area contributed by atoms with Gasteiger partial charge in [0, 0.05) is 11.1 Å². The first-order valence-electron chi connectivity index (χ1n) is 6.01. The lowest BCUT2D eigenvalue weighted by Crippen LogP contribution is -2.24. The SMILES string of the molecule is COC(=O)C1CCc2c(OC)ccc(OC)c2C1. The number of carbonyl (C=O) groups is 1. The van der Waals surface area contributed by atoms with E-state index in [4.69, 9.17) is 14.2 Å². The molecule has 0 fully saturated rings. The second-order valence-electron chi connectivity index (χ2n) is 4.39. The molecule has 0 saturated carbocycles. The van der Waals surface area contributed by atoms with Crippen LogP contribution in [-0.2, 0) is 22.4 Å². The zero-order valence-electron chi connectivity index (χ0n) is 11.0. The standard InChI is InChI=1S/C14H18O4/c1-16-12-6-7-13(17-2)11-8-9(14(15)18-3)4-5-10(11)12/h6-7,9H,4-5,8H2,1-3H3. The molecule has 0 aliphatic heterocycles. The van der Waals surface area contributed by atoms with Crippen LogP contribution in [0.15, 0.2) is 12.1 Å². The second-order valence-corrected chi connectivity index (χ2v) is 4.39. The number of rotatable bonds is 3. The number of carbonyl (C=O) groups excluding carboxylic acids is 1. The van der Waals surface area contributed by atoms with Crippen molar-refractivity contribution in [3.63, 3.8) is 0 Å². The summed E-state index contributed by atoms with van der Waals surface area (Å²) < 4.78 is 15.6. The summed E-state index contributed by atoms with van der Waals surface area (Å²) in [6.07, 6.45) is 2.26. The first-order valence-corrected chi connectivity index (χ1v) is 6.01. The summed E-state index contributed by atoms with van der Waals surface area (Å²) in [6.45, 7) is 0. The highest BCUT2D eigenvalue weighted by molar-refractivity contribution is 5.73. The van der Waals surface area contributed by atoms with Crippen molar-refractivity contribution in [2.24, 2.45) is 5.92 Å². The molecule has 2 rings (SSSR count). The third kappa shape index (κ3) is 2.15. The molecule has 0 spiro atoms. The van der Waals surface area contributed by atoms with Crippen LogP contribution in [0, 0.1) is 5.92 Å². The highest BCUT2D eigenvalue weighted by Crippen LogP contribution is 2.38. The molecule has 1 unspecified atom stereocenters. The smallest absolute Gasteiger partial charge is 0.309 e. The average molecular weight is 250 g/mol. The molecule has 0 heterocycles. The molecule has 1 atom stereocenters. The van der Waals surface area contributed by atoms with Gasteiger partial charge in [-0.3, -0.25) is 4.79 Å². The molecule has 1 aromatic rings. The Morgan fingerprint density at radius 2 is 1.72 bits per heavy atom. The first kappa shape index (κ1) is 12.7. The maximum Gasteiger partial charge on any atom is 0.309 e. The monoisotopic (exact) mass is 250 g/mol. The summed E-state index contributed by atoms with van der Waals surface area (Å²) in [4.78, 5) is 11.6. The molecule has 98 valence electrons. The van der Waals surface area contributed by atoms with Crippen molar-refractivity contribution in [2.45, 2.75) is 19.3 Å². The maximum absolute atomic E-state index is 11.6. The van der Waals surface area contributed by atoms with Gasteiger partial charge in [-0.2, -0.15) is 0 Å². The van der Waals surface area contributed by atoms with E-state index in [0.29, 0.717) is 6.42 Å². The van der Waals surface area contributed by atoms with Crippen molar-refractivity contribution < 1.29 is 19.0 Å². The van der Waals surface area contributed by atoms with E-state index in [1.54, 1.807) is 14.2 Å². The van der Waals surface area contributed by atoms with E-state index >= 15 is 0 Å². The lowest BCUT2D eigenvalue weighted by atomic mass is 9.83. The fourth-order valence-electron chi connectivity index (χ4n) is 2.57. The quantitative estimate of drug-likeness (QED) is 0.769. The molecule has 0 amide bonds. The van der Waals surface area contributed by atoms with Gasteiger partial charge >= 0.3 is 5.97 Å². The van der Waals surface area contributed by atoms with E-state index in [1.165, 1.54) is 7.11 Å². The molecule has 0 N–H and O–H groups in total. The number of methoxy groups -OCH3 is 3. The topological polar surface area (TPSA) is 44.8 Å². The average Bonchev–Trinajstić information content (AvgIpc) is 2.44. The lowest BCUT2D eigenvalue weighted by molar-refractivity contribution is -0.145. The zero-order valence-corrected chi connectivity index (χ0v) is 11.0. The molecule has 4 nitrogen and oxygen atoms in total. The Bertz CT molecular complexity index is 453. The predicted octanol–water partition coefficient (Wildman–Crippen LogP) is 1.98. The normalized spacial score (nSPS) is 17.8. The van der Waals surface area contributed by atoms with Crippen molar-refractivity contribution in [3.05, 3.63) is 23.3 Å². The summed E-state index contributed by atoms with van der Waals surface area (Å²) in [5, 5.41) is 0.